The maximum absolute atomic E-state index is 12.3. The third-order valence-electron chi connectivity index (χ3n) is 3.00. The van der Waals surface area contributed by atoms with Gasteiger partial charge in [0.2, 0.25) is 5.91 Å². The van der Waals surface area contributed by atoms with E-state index in [0.29, 0.717) is 27.7 Å². The number of para-hydroxylation sites is 1. The maximum atomic E-state index is 12.3. The van der Waals surface area contributed by atoms with Gasteiger partial charge in [0.05, 0.1) is 12.1 Å². The number of hydrogen-bond acceptors (Lipinski definition) is 3. The van der Waals surface area contributed by atoms with Crippen LogP contribution in [0.5, 0.6) is 0 Å². The molecular formula is C14H11ClN2O2S. The largest absolute Gasteiger partial charge is 0.588 e. The number of fused-ring (bicyclic) bond motifs is 1. The molecule has 1 amide bonds. The van der Waals surface area contributed by atoms with Crippen LogP contribution in [0.15, 0.2) is 47.4 Å². The van der Waals surface area contributed by atoms with Gasteiger partial charge in [-0.15, -0.1) is 0 Å². The minimum Gasteiger partial charge on any atom is -0.588 e. The Kier molecular flexibility index (Phi) is 3.56. The smallest absolute Gasteiger partial charge is 0.228 e. The second kappa shape index (κ2) is 5.36. The Bertz CT molecular complexity index is 661. The number of rotatable bonds is 3. The number of amides is 1. The summed E-state index contributed by atoms with van der Waals surface area (Å²) in [6.07, 6.45) is 0.360. The topological polar surface area (TPSA) is 64.2 Å². The molecule has 1 unspecified atom stereocenters. The number of benzene rings is 2. The molecular weight excluding hydrogens is 296 g/mol. The van der Waals surface area contributed by atoms with Crippen molar-refractivity contribution < 1.29 is 9.35 Å². The Hall–Kier alpha value is -1.69. The first-order valence-corrected chi connectivity index (χ1v) is 7.52. The van der Waals surface area contributed by atoms with Gasteiger partial charge in [0.1, 0.15) is 17.0 Å². The monoisotopic (exact) mass is 306 g/mol. The summed E-state index contributed by atoms with van der Waals surface area (Å²) in [4.78, 5) is 12.0. The summed E-state index contributed by atoms with van der Waals surface area (Å²) in [6, 6.07) is 12.3. The van der Waals surface area contributed by atoms with Crippen molar-refractivity contribution in [2.75, 3.05) is 10.0 Å². The zero-order valence-electron chi connectivity index (χ0n) is 10.4. The average Bonchev–Trinajstić information content (AvgIpc) is 2.81. The van der Waals surface area contributed by atoms with Gasteiger partial charge < -0.3 is 9.87 Å². The Balaban J connectivity index is 1.83. The fraction of sp³-hybridized carbons (Fsp3) is 0.0714. The molecule has 0 fully saturated rings. The van der Waals surface area contributed by atoms with Gasteiger partial charge >= 0.3 is 0 Å². The van der Waals surface area contributed by atoms with Crippen LogP contribution in [0.1, 0.15) is 5.56 Å². The number of carbonyl (C=O) groups is 1. The van der Waals surface area contributed by atoms with Crippen molar-refractivity contribution >= 4 is 40.2 Å². The summed E-state index contributed by atoms with van der Waals surface area (Å²) >= 11 is 4.40. The lowest BCUT2D eigenvalue weighted by Gasteiger charge is -2.14. The molecule has 0 aromatic heterocycles. The molecule has 2 N–H and O–H groups in total. The molecule has 20 heavy (non-hydrogen) atoms. The highest BCUT2D eigenvalue weighted by atomic mass is 35.5. The highest BCUT2D eigenvalue weighted by Crippen LogP contribution is 2.32. The third kappa shape index (κ3) is 2.60. The van der Waals surface area contributed by atoms with Crippen LogP contribution >= 0.6 is 11.6 Å². The number of halogens is 1. The molecule has 3 rings (SSSR count). The van der Waals surface area contributed by atoms with Gasteiger partial charge in [-0.25, -0.2) is 4.72 Å². The van der Waals surface area contributed by atoms with Crippen LogP contribution in [0.25, 0.3) is 0 Å². The summed E-state index contributed by atoms with van der Waals surface area (Å²) in [5.74, 6) is -0.0495. The van der Waals surface area contributed by atoms with Gasteiger partial charge in [-0.05, 0) is 35.9 Å². The van der Waals surface area contributed by atoms with Crippen molar-refractivity contribution in [1.29, 1.82) is 0 Å². The predicted octanol–water partition coefficient (Wildman–Crippen LogP) is 2.97. The number of carbonyl (C=O) groups excluding carboxylic acids is 1. The first-order chi connectivity index (χ1) is 9.63. The van der Waals surface area contributed by atoms with Crippen LogP contribution in [0.4, 0.5) is 11.4 Å². The van der Waals surface area contributed by atoms with Crippen LogP contribution in [0, 0.1) is 0 Å². The van der Waals surface area contributed by atoms with E-state index in [1.165, 1.54) is 0 Å². The quantitative estimate of drug-likeness (QED) is 0.857. The normalized spacial score (nSPS) is 14.6. The van der Waals surface area contributed by atoms with E-state index in [9.17, 15) is 9.35 Å². The van der Waals surface area contributed by atoms with E-state index >= 15 is 0 Å². The highest BCUT2D eigenvalue weighted by Gasteiger charge is 2.22. The highest BCUT2D eigenvalue weighted by molar-refractivity contribution is 7.92. The predicted molar refractivity (Wildman–Crippen MR) is 80.3 cm³/mol. The van der Waals surface area contributed by atoms with Crippen LogP contribution in [-0.4, -0.2) is 10.5 Å². The molecule has 0 spiro atoms. The van der Waals surface area contributed by atoms with Gasteiger partial charge in [-0.1, -0.05) is 23.7 Å². The van der Waals surface area contributed by atoms with E-state index in [4.69, 9.17) is 11.6 Å². The molecule has 1 aliphatic heterocycles. The van der Waals surface area contributed by atoms with E-state index < -0.39 is 11.4 Å². The average molecular weight is 307 g/mol. The second-order valence-corrected chi connectivity index (χ2v) is 6.04. The number of anilines is 2. The van der Waals surface area contributed by atoms with Crippen LogP contribution in [0.3, 0.4) is 0 Å². The Morgan fingerprint density at radius 2 is 1.95 bits per heavy atom. The first-order valence-electron chi connectivity index (χ1n) is 5.99. The zero-order chi connectivity index (χ0) is 14.1. The van der Waals surface area contributed by atoms with E-state index in [2.05, 4.69) is 10.0 Å². The molecule has 1 heterocycles. The summed E-state index contributed by atoms with van der Waals surface area (Å²) in [5, 5.41) is 3.37. The molecule has 0 aliphatic carbocycles. The molecule has 0 radical (unpaired) electrons. The van der Waals surface area contributed by atoms with Crippen molar-refractivity contribution in [3.63, 3.8) is 0 Å². The lowest BCUT2D eigenvalue weighted by atomic mass is 10.1. The summed E-state index contributed by atoms with van der Waals surface area (Å²) in [5.41, 5.74) is 2.27. The molecule has 0 saturated heterocycles. The number of nitrogens with one attached hydrogen (secondary N) is 2. The first kappa shape index (κ1) is 13.3. The molecule has 6 heteroatoms. The van der Waals surface area contributed by atoms with Gasteiger partial charge in [-0.2, -0.15) is 0 Å². The van der Waals surface area contributed by atoms with Crippen molar-refractivity contribution in [3.8, 4) is 0 Å². The van der Waals surface area contributed by atoms with Gasteiger partial charge in [0.15, 0.2) is 4.90 Å². The molecule has 102 valence electrons. The van der Waals surface area contributed by atoms with Crippen LogP contribution in [0.2, 0.25) is 5.02 Å². The van der Waals surface area contributed by atoms with E-state index in [0.717, 1.165) is 5.56 Å². The van der Waals surface area contributed by atoms with Crippen molar-refractivity contribution in [1.82, 2.24) is 0 Å². The Morgan fingerprint density at radius 1 is 1.20 bits per heavy atom. The SMILES string of the molecule is O=C1Cc2cccc(N[S+]([O-])c3ccc(Cl)cc3)c2N1. The lowest BCUT2D eigenvalue weighted by Crippen LogP contribution is -2.14. The minimum atomic E-state index is -1.41. The van der Waals surface area contributed by atoms with E-state index in [1.807, 2.05) is 12.1 Å². The van der Waals surface area contributed by atoms with Gasteiger partial charge in [-0.3, -0.25) is 4.79 Å². The number of hydrogen-bond donors (Lipinski definition) is 2. The summed E-state index contributed by atoms with van der Waals surface area (Å²) < 4.78 is 15.2. The van der Waals surface area contributed by atoms with Crippen LogP contribution < -0.4 is 10.0 Å². The van der Waals surface area contributed by atoms with Gasteiger partial charge in [0.25, 0.3) is 0 Å². The fourth-order valence-electron chi connectivity index (χ4n) is 2.05. The molecule has 1 atom stereocenters. The van der Waals surface area contributed by atoms with Crippen molar-refractivity contribution in [3.05, 3.63) is 53.1 Å². The molecule has 2 aromatic rings. The fourth-order valence-corrected chi connectivity index (χ4v) is 3.05. The maximum Gasteiger partial charge on any atom is 0.228 e. The van der Waals surface area contributed by atoms with Crippen molar-refractivity contribution in [2.45, 2.75) is 11.3 Å². The molecule has 0 saturated carbocycles. The zero-order valence-corrected chi connectivity index (χ0v) is 11.9. The van der Waals surface area contributed by atoms with Crippen molar-refractivity contribution in [2.24, 2.45) is 0 Å². The van der Waals surface area contributed by atoms with E-state index in [1.54, 1.807) is 30.3 Å². The van der Waals surface area contributed by atoms with Gasteiger partial charge in [0, 0.05) is 5.02 Å². The standard InChI is InChI=1S/C14H11ClN2O2S/c15-10-4-6-11(7-5-10)20(19)17-12-3-1-2-9-8-13(18)16-14(9)12/h1-7,17H,8H2,(H,16,18). The summed E-state index contributed by atoms with van der Waals surface area (Å²) in [7, 11) is 0. The minimum absolute atomic E-state index is 0.0495. The molecule has 2 aromatic carbocycles. The van der Waals surface area contributed by atoms with Crippen LogP contribution in [-0.2, 0) is 22.6 Å². The molecule has 0 bridgehead atoms. The Morgan fingerprint density at radius 3 is 2.70 bits per heavy atom. The molecule has 4 nitrogen and oxygen atoms in total. The van der Waals surface area contributed by atoms with E-state index in [-0.39, 0.29) is 5.91 Å². The lowest BCUT2D eigenvalue weighted by molar-refractivity contribution is -0.115. The Labute approximate surface area is 124 Å². The third-order valence-corrected chi connectivity index (χ3v) is 4.35. The summed E-state index contributed by atoms with van der Waals surface area (Å²) in [6.45, 7) is 0. The molecule has 1 aliphatic rings. The second-order valence-electron chi connectivity index (χ2n) is 4.39.